The largest absolute Gasteiger partial charge is 0.480 e. The van der Waals surface area contributed by atoms with Gasteiger partial charge in [0.2, 0.25) is 0 Å². The molecule has 186 valence electrons. The molecule has 1 unspecified atom stereocenters. The quantitative estimate of drug-likeness (QED) is 0.636. The molecule has 1 aliphatic carbocycles. The molecule has 0 spiro atoms. The van der Waals surface area contributed by atoms with Crippen LogP contribution in [0.5, 0.6) is 0 Å². The summed E-state index contributed by atoms with van der Waals surface area (Å²) < 4.78 is 34.7. The van der Waals surface area contributed by atoms with Crippen LogP contribution in [0.3, 0.4) is 0 Å². The first-order valence-electron chi connectivity index (χ1n) is 11.5. The topological polar surface area (TPSA) is 95.9 Å². The number of nitrogens with one attached hydrogen (secondary N) is 1. The number of carboxylic acid groups (broad SMARTS) is 1. The highest BCUT2D eigenvalue weighted by molar-refractivity contribution is 5.89. The van der Waals surface area contributed by atoms with Crippen molar-refractivity contribution in [2.45, 2.75) is 44.6 Å². The number of benzene rings is 2. The van der Waals surface area contributed by atoms with Crippen LogP contribution in [0, 0.1) is 5.41 Å². The molecule has 1 fully saturated rings. The van der Waals surface area contributed by atoms with E-state index in [1.54, 1.807) is 13.8 Å². The third kappa shape index (κ3) is 4.72. The molecule has 2 aromatic rings. The van der Waals surface area contributed by atoms with Crippen LogP contribution in [-0.2, 0) is 14.3 Å². The predicted octanol–water partition coefficient (Wildman–Crippen LogP) is 4.26. The molecule has 1 saturated heterocycles. The molecule has 2 aliphatic rings. The maximum Gasteiger partial charge on any atom is 0.407 e. The number of alkyl halides is 2. The lowest BCUT2D eigenvalue weighted by Crippen LogP contribution is -2.61. The lowest BCUT2D eigenvalue weighted by Gasteiger charge is -2.44. The summed E-state index contributed by atoms with van der Waals surface area (Å²) in [5.41, 5.74) is 3.18. The predicted molar refractivity (Wildman–Crippen MR) is 124 cm³/mol. The lowest BCUT2D eigenvalue weighted by atomic mass is 9.76. The summed E-state index contributed by atoms with van der Waals surface area (Å²) in [4.78, 5) is 37.3. The monoisotopic (exact) mass is 486 g/mol. The average Bonchev–Trinajstić information content (AvgIpc) is 3.13. The minimum atomic E-state index is -3.98. The molecule has 4 rings (SSSR count). The number of amides is 2. The molecular formula is C26H28F2N2O5. The van der Waals surface area contributed by atoms with Crippen molar-refractivity contribution in [1.82, 2.24) is 10.2 Å². The number of alkyl carbamates (subject to hydrolysis) is 1. The smallest absolute Gasteiger partial charge is 0.407 e. The number of aliphatic carboxylic acids is 1. The van der Waals surface area contributed by atoms with Crippen LogP contribution in [0.1, 0.15) is 43.7 Å². The fourth-order valence-corrected chi connectivity index (χ4v) is 5.20. The number of hydrogen-bond acceptors (Lipinski definition) is 4. The van der Waals surface area contributed by atoms with Crippen molar-refractivity contribution in [2.24, 2.45) is 5.41 Å². The van der Waals surface area contributed by atoms with Crippen molar-refractivity contribution >= 4 is 18.0 Å². The first-order chi connectivity index (χ1) is 16.5. The lowest BCUT2D eigenvalue weighted by molar-refractivity contribution is -0.172. The molecule has 2 aromatic carbocycles. The van der Waals surface area contributed by atoms with Crippen LogP contribution in [-0.4, -0.2) is 59.6 Å². The molecule has 1 aliphatic heterocycles. The van der Waals surface area contributed by atoms with E-state index < -0.39 is 41.9 Å². The number of carbonyl (C=O) groups is 3. The van der Waals surface area contributed by atoms with Crippen LogP contribution in [0.15, 0.2) is 48.5 Å². The van der Waals surface area contributed by atoms with Crippen LogP contribution < -0.4 is 5.32 Å². The van der Waals surface area contributed by atoms with Crippen molar-refractivity contribution in [3.05, 3.63) is 59.7 Å². The highest BCUT2D eigenvalue weighted by Gasteiger charge is 2.51. The van der Waals surface area contributed by atoms with E-state index in [1.165, 1.54) is 0 Å². The second-order valence-electron chi connectivity index (χ2n) is 9.72. The van der Waals surface area contributed by atoms with Gasteiger partial charge < -0.3 is 20.1 Å². The Hall–Kier alpha value is -3.49. The number of carboxylic acids is 1. The van der Waals surface area contributed by atoms with Gasteiger partial charge >= 0.3 is 18.0 Å². The molecule has 7 nitrogen and oxygen atoms in total. The molecule has 1 atom stereocenters. The van der Waals surface area contributed by atoms with Crippen LogP contribution >= 0.6 is 0 Å². The summed E-state index contributed by atoms with van der Waals surface area (Å²) in [6.45, 7) is 1.85. The molecule has 0 saturated carbocycles. The van der Waals surface area contributed by atoms with Gasteiger partial charge in [-0.2, -0.15) is 8.78 Å². The fourth-order valence-electron chi connectivity index (χ4n) is 5.20. The molecule has 0 aromatic heterocycles. The molecule has 2 N–H and O–H groups in total. The normalized spacial score (nSPS) is 19.0. The Kier molecular flexibility index (Phi) is 6.53. The first-order valence-corrected chi connectivity index (χ1v) is 11.5. The molecular weight excluding hydrogens is 458 g/mol. The number of piperidine rings is 1. The van der Waals surface area contributed by atoms with E-state index >= 15 is 0 Å². The maximum atomic E-state index is 14.7. The number of halogens is 2. The standard InChI is InChI=1S/C26H28F2N2O5/c1-25(2)12-7-13-30(21(25)22(31)32)23(33)26(27,28)15-29-24(34)35-14-20-18-10-5-3-8-16(18)17-9-4-6-11-19(17)20/h3-6,8-11,20-21H,7,12-15H2,1-2H3,(H,29,34)(H,31,32). The molecule has 1 heterocycles. The van der Waals surface area contributed by atoms with Crippen molar-refractivity contribution in [1.29, 1.82) is 0 Å². The summed E-state index contributed by atoms with van der Waals surface area (Å²) in [6.07, 6.45) is -0.163. The average molecular weight is 487 g/mol. The van der Waals surface area contributed by atoms with Gasteiger partial charge in [0, 0.05) is 12.5 Å². The Morgan fingerprint density at radius 1 is 1.09 bits per heavy atom. The Balaban J connectivity index is 1.38. The molecule has 0 radical (unpaired) electrons. The highest BCUT2D eigenvalue weighted by atomic mass is 19.3. The van der Waals surface area contributed by atoms with Gasteiger partial charge in [0.05, 0.1) is 6.54 Å². The number of likely N-dealkylation sites (tertiary alicyclic amines) is 1. The van der Waals surface area contributed by atoms with E-state index in [1.807, 2.05) is 53.8 Å². The summed E-state index contributed by atoms with van der Waals surface area (Å²) in [6, 6.07) is 14.1. The minimum absolute atomic E-state index is 0.0548. The summed E-state index contributed by atoms with van der Waals surface area (Å²) >= 11 is 0. The second-order valence-corrected chi connectivity index (χ2v) is 9.72. The van der Waals surface area contributed by atoms with E-state index in [-0.39, 0.29) is 19.1 Å². The van der Waals surface area contributed by atoms with Crippen molar-refractivity contribution in [2.75, 3.05) is 19.7 Å². The zero-order valence-electron chi connectivity index (χ0n) is 19.6. The van der Waals surface area contributed by atoms with Gasteiger partial charge in [-0.15, -0.1) is 0 Å². The van der Waals surface area contributed by atoms with E-state index in [0.717, 1.165) is 22.3 Å². The van der Waals surface area contributed by atoms with Gasteiger partial charge in [-0.3, -0.25) is 4.79 Å². The van der Waals surface area contributed by atoms with Gasteiger partial charge in [-0.05, 0) is 40.5 Å². The fraction of sp³-hybridized carbons (Fsp3) is 0.423. The van der Waals surface area contributed by atoms with Crippen LogP contribution in [0.25, 0.3) is 11.1 Å². The van der Waals surface area contributed by atoms with E-state index in [2.05, 4.69) is 0 Å². The van der Waals surface area contributed by atoms with Crippen molar-refractivity contribution in [3.63, 3.8) is 0 Å². The van der Waals surface area contributed by atoms with Crippen molar-refractivity contribution < 1.29 is 33.0 Å². The maximum absolute atomic E-state index is 14.7. The molecule has 0 bridgehead atoms. The van der Waals surface area contributed by atoms with Gasteiger partial charge in [-0.25, -0.2) is 9.59 Å². The van der Waals surface area contributed by atoms with Gasteiger partial charge in [0.15, 0.2) is 0 Å². The number of hydrogen-bond donors (Lipinski definition) is 2. The number of ether oxygens (including phenoxy) is 1. The summed E-state index contributed by atoms with van der Waals surface area (Å²) in [5, 5.41) is 11.5. The number of nitrogens with zero attached hydrogens (tertiary/aromatic N) is 1. The van der Waals surface area contributed by atoms with Crippen LogP contribution in [0.2, 0.25) is 0 Å². The minimum Gasteiger partial charge on any atom is -0.480 e. The number of rotatable bonds is 6. The SMILES string of the molecule is CC1(C)CCCN(C(=O)C(F)(F)CNC(=O)OCC2c3ccccc3-c3ccccc32)C1C(=O)O. The Labute approximate surface area is 202 Å². The summed E-state index contributed by atoms with van der Waals surface area (Å²) in [5.74, 6) is -7.16. The second kappa shape index (κ2) is 9.28. The molecule has 9 heteroatoms. The Morgan fingerprint density at radius 2 is 1.66 bits per heavy atom. The third-order valence-electron chi connectivity index (χ3n) is 6.88. The highest BCUT2D eigenvalue weighted by Crippen LogP contribution is 2.44. The van der Waals surface area contributed by atoms with Crippen molar-refractivity contribution in [3.8, 4) is 11.1 Å². The van der Waals surface area contributed by atoms with Crippen LogP contribution in [0.4, 0.5) is 13.6 Å². The zero-order chi connectivity index (χ0) is 25.4. The van der Waals surface area contributed by atoms with Gasteiger partial charge in [0.1, 0.15) is 12.6 Å². The molecule has 2 amide bonds. The first kappa shape index (κ1) is 24.6. The number of carbonyl (C=O) groups excluding carboxylic acids is 2. The Morgan fingerprint density at radius 3 is 2.23 bits per heavy atom. The van der Waals surface area contributed by atoms with Gasteiger partial charge in [-0.1, -0.05) is 62.4 Å². The third-order valence-corrected chi connectivity index (χ3v) is 6.88. The van der Waals surface area contributed by atoms with E-state index in [9.17, 15) is 28.3 Å². The molecule has 35 heavy (non-hydrogen) atoms. The number of fused-ring (bicyclic) bond motifs is 3. The van der Waals surface area contributed by atoms with E-state index in [0.29, 0.717) is 17.7 Å². The van der Waals surface area contributed by atoms with Gasteiger partial charge in [0.25, 0.3) is 5.91 Å². The van der Waals surface area contributed by atoms with E-state index in [4.69, 9.17) is 4.74 Å². The zero-order valence-corrected chi connectivity index (χ0v) is 19.6. The Bertz CT molecular complexity index is 1100. The summed E-state index contributed by atoms with van der Waals surface area (Å²) in [7, 11) is 0.